The van der Waals surface area contributed by atoms with Gasteiger partial charge in [-0.15, -0.1) is 0 Å². The van der Waals surface area contributed by atoms with E-state index in [1.165, 1.54) is 17.7 Å². The molecule has 2 atom stereocenters. The number of fused-ring (bicyclic) bond motifs is 1. The van der Waals surface area contributed by atoms with Gasteiger partial charge in [-0.3, -0.25) is 4.79 Å². The largest absolute Gasteiger partial charge is 0.492 e. The second kappa shape index (κ2) is 14.6. The first kappa shape index (κ1) is 37.1. The fourth-order valence-corrected chi connectivity index (χ4v) is 5.26. The van der Waals surface area contributed by atoms with Gasteiger partial charge in [0.2, 0.25) is 0 Å². The number of carbonyl (C=O) groups is 1. The van der Waals surface area contributed by atoms with Gasteiger partial charge in [0, 0.05) is 22.5 Å². The molecule has 1 aromatic heterocycles. The molecule has 7 nitrogen and oxygen atoms in total. The van der Waals surface area contributed by atoms with Crippen LogP contribution in [0.15, 0.2) is 51.7 Å². The molecular weight excluding hydrogens is 597 g/mol. The van der Waals surface area contributed by atoms with E-state index in [1.54, 1.807) is 39.8 Å². The second-order valence-electron chi connectivity index (χ2n) is 14.0. The molecule has 0 aliphatic heterocycles. The van der Waals surface area contributed by atoms with E-state index < -0.39 is 53.4 Å². The van der Waals surface area contributed by atoms with Gasteiger partial charge in [0.25, 0.3) is 0 Å². The zero-order chi connectivity index (χ0) is 34.5. The molecule has 4 N–H and O–H groups in total. The number of carbonyl (C=O) groups excluding carboxylic acids is 1. The van der Waals surface area contributed by atoms with Crippen molar-refractivity contribution in [2.45, 2.75) is 104 Å². The number of ether oxygens (including phenoxy) is 2. The molecule has 0 saturated carbocycles. The summed E-state index contributed by atoms with van der Waals surface area (Å²) >= 11 is 0. The highest BCUT2D eigenvalue weighted by molar-refractivity contribution is 5.83. The van der Waals surface area contributed by atoms with Crippen LogP contribution in [-0.4, -0.2) is 36.4 Å². The third-order valence-corrected chi connectivity index (χ3v) is 8.30. The lowest BCUT2D eigenvalue weighted by atomic mass is 9.79. The monoisotopic (exact) mass is 646 g/mol. The van der Waals surface area contributed by atoms with Gasteiger partial charge in [0.05, 0.1) is 11.5 Å². The molecule has 46 heavy (non-hydrogen) atoms. The molecule has 2 unspecified atom stereocenters. The molecule has 254 valence electrons. The van der Waals surface area contributed by atoms with E-state index in [0.29, 0.717) is 10.9 Å². The minimum absolute atomic E-state index is 0.0710. The maximum Gasteiger partial charge on any atom is 0.400 e. The Labute approximate surface area is 269 Å². The quantitative estimate of drug-likeness (QED) is 0.0986. The van der Waals surface area contributed by atoms with Crippen molar-refractivity contribution in [3.63, 3.8) is 0 Å². The van der Waals surface area contributed by atoms with Crippen LogP contribution >= 0.6 is 0 Å². The van der Waals surface area contributed by atoms with Crippen LogP contribution in [0, 0.1) is 11.3 Å². The van der Waals surface area contributed by atoms with Gasteiger partial charge in [0.15, 0.2) is 0 Å². The smallest absolute Gasteiger partial charge is 0.400 e. The summed E-state index contributed by atoms with van der Waals surface area (Å²) in [5, 5.41) is 0.599. The number of alkyl halides is 3. The lowest BCUT2D eigenvalue weighted by molar-refractivity contribution is -0.241. The van der Waals surface area contributed by atoms with Crippen LogP contribution in [-0.2, 0) is 22.4 Å². The van der Waals surface area contributed by atoms with E-state index in [1.807, 2.05) is 19.1 Å². The molecule has 10 heteroatoms. The molecule has 0 saturated heterocycles. The van der Waals surface area contributed by atoms with Gasteiger partial charge in [0.1, 0.15) is 30.0 Å². The van der Waals surface area contributed by atoms with E-state index in [-0.39, 0.29) is 17.8 Å². The minimum atomic E-state index is -4.77. The maximum absolute atomic E-state index is 14.3. The standard InChI is InChI=1S/C36H49F3N2O5/c1-8-10-11-12-23-13-16-27(24(9-2)17-23)28-18-25-14-15-26(19-30(25)46-31(28)42)44-21-35(7,36(37,38)39)22-45-32(43)29(34(5,6)41)20-33(3,4)40/h13-19,29H,8-12,20-22,40-41H2,1-7H3. The molecule has 3 rings (SSSR count). The molecule has 0 fully saturated rings. The van der Waals surface area contributed by atoms with Gasteiger partial charge in [-0.2, -0.15) is 13.2 Å². The summed E-state index contributed by atoms with van der Waals surface area (Å²) < 4.78 is 59.2. The van der Waals surface area contributed by atoms with Gasteiger partial charge >= 0.3 is 17.8 Å². The van der Waals surface area contributed by atoms with Crippen molar-refractivity contribution in [3.05, 3.63) is 64.0 Å². The van der Waals surface area contributed by atoms with E-state index in [9.17, 15) is 22.8 Å². The van der Waals surface area contributed by atoms with Crippen molar-refractivity contribution in [3.8, 4) is 16.9 Å². The number of rotatable bonds is 15. The minimum Gasteiger partial charge on any atom is -0.492 e. The SMILES string of the molecule is CCCCCc1ccc(-c2cc3ccc(OCC(C)(COC(=O)C(CC(C)(C)N)C(C)(C)N)C(F)(F)F)cc3oc2=O)c(CC)c1. The van der Waals surface area contributed by atoms with Crippen molar-refractivity contribution in [1.82, 2.24) is 0 Å². The Morgan fingerprint density at radius 2 is 1.61 bits per heavy atom. The molecule has 3 aromatic rings. The summed E-state index contributed by atoms with van der Waals surface area (Å²) in [6.45, 7) is 9.91. The Balaban J connectivity index is 1.81. The first-order valence-corrected chi connectivity index (χ1v) is 15.9. The first-order chi connectivity index (χ1) is 21.3. The number of nitrogens with two attached hydrogens (primary N) is 2. The molecule has 0 radical (unpaired) electrons. The van der Waals surface area contributed by atoms with Crippen LogP contribution in [0.25, 0.3) is 22.1 Å². The summed E-state index contributed by atoms with van der Waals surface area (Å²) in [4.78, 5) is 26.0. The number of aryl methyl sites for hydroxylation is 2. The summed E-state index contributed by atoms with van der Waals surface area (Å²) in [6.07, 6.45) is 0.485. The van der Waals surface area contributed by atoms with Crippen LogP contribution in [0.3, 0.4) is 0 Å². The van der Waals surface area contributed by atoms with Crippen LogP contribution in [0.2, 0.25) is 0 Å². The predicted octanol–water partition coefficient (Wildman–Crippen LogP) is 7.73. The Bertz CT molecular complexity index is 1550. The Morgan fingerprint density at radius 3 is 2.20 bits per heavy atom. The fourth-order valence-electron chi connectivity index (χ4n) is 5.26. The highest BCUT2D eigenvalue weighted by Crippen LogP contribution is 2.40. The Morgan fingerprint density at radius 1 is 0.913 bits per heavy atom. The summed E-state index contributed by atoms with van der Waals surface area (Å²) in [5.74, 6) is -1.71. The molecule has 0 bridgehead atoms. The average molecular weight is 647 g/mol. The number of benzene rings is 2. The number of hydrogen-bond donors (Lipinski definition) is 2. The van der Waals surface area contributed by atoms with Crippen molar-refractivity contribution >= 4 is 16.9 Å². The molecule has 0 amide bonds. The lowest BCUT2D eigenvalue weighted by Gasteiger charge is -2.35. The third kappa shape index (κ3) is 9.58. The molecule has 0 aliphatic rings. The lowest BCUT2D eigenvalue weighted by Crippen LogP contribution is -2.51. The van der Waals surface area contributed by atoms with Crippen molar-refractivity contribution in [1.29, 1.82) is 0 Å². The molecular formula is C36H49F3N2O5. The van der Waals surface area contributed by atoms with E-state index >= 15 is 0 Å². The molecule has 0 spiro atoms. The van der Waals surface area contributed by atoms with Crippen molar-refractivity contribution < 1.29 is 31.9 Å². The van der Waals surface area contributed by atoms with Gasteiger partial charge < -0.3 is 25.4 Å². The average Bonchev–Trinajstić information content (AvgIpc) is 2.95. The number of esters is 1. The summed E-state index contributed by atoms with van der Waals surface area (Å²) in [7, 11) is 0. The number of unbranched alkanes of at least 4 members (excludes halogenated alkanes) is 2. The fraction of sp³-hybridized carbons (Fsp3) is 0.556. The van der Waals surface area contributed by atoms with Crippen LogP contribution < -0.4 is 21.8 Å². The molecule has 1 heterocycles. The highest BCUT2D eigenvalue weighted by atomic mass is 19.4. The normalized spacial score (nSPS) is 14.6. The topological polar surface area (TPSA) is 118 Å². The van der Waals surface area contributed by atoms with Crippen molar-refractivity contribution in [2.24, 2.45) is 22.8 Å². The Kier molecular flexibility index (Phi) is 11.8. The van der Waals surface area contributed by atoms with E-state index in [4.69, 9.17) is 25.4 Å². The summed E-state index contributed by atoms with van der Waals surface area (Å²) in [6, 6.07) is 12.4. The predicted molar refractivity (Wildman–Crippen MR) is 176 cm³/mol. The van der Waals surface area contributed by atoms with Crippen LogP contribution in [0.4, 0.5) is 13.2 Å². The van der Waals surface area contributed by atoms with E-state index in [0.717, 1.165) is 50.2 Å². The summed E-state index contributed by atoms with van der Waals surface area (Å²) in [5.41, 5.74) is 10.9. The van der Waals surface area contributed by atoms with Crippen LogP contribution in [0.1, 0.15) is 85.3 Å². The third-order valence-electron chi connectivity index (χ3n) is 8.30. The zero-order valence-electron chi connectivity index (χ0n) is 28.1. The van der Waals surface area contributed by atoms with Gasteiger partial charge in [-0.05, 0) is 95.2 Å². The molecule has 2 aromatic carbocycles. The highest BCUT2D eigenvalue weighted by Gasteiger charge is 2.53. The van der Waals surface area contributed by atoms with Gasteiger partial charge in [-0.25, -0.2) is 4.79 Å². The number of halogens is 3. The number of hydrogen-bond acceptors (Lipinski definition) is 7. The first-order valence-electron chi connectivity index (χ1n) is 15.9. The van der Waals surface area contributed by atoms with E-state index in [2.05, 4.69) is 13.0 Å². The van der Waals surface area contributed by atoms with Crippen molar-refractivity contribution in [2.75, 3.05) is 13.2 Å². The Hall–Kier alpha value is -3.37. The van der Waals surface area contributed by atoms with Crippen LogP contribution in [0.5, 0.6) is 5.75 Å². The maximum atomic E-state index is 14.3. The zero-order valence-corrected chi connectivity index (χ0v) is 28.1. The van der Waals surface area contributed by atoms with Gasteiger partial charge in [-0.1, -0.05) is 44.9 Å². The second-order valence-corrected chi connectivity index (χ2v) is 14.0. The molecule has 0 aliphatic carbocycles.